The predicted molar refractivity (Wildman–Crippen MR) is 74.9 cm³/mol. The lowest BCUT2D eigenvalue weighted by molar-refractivity contribution is 0.0949. The molecule has 2 N–H and O–H groups in total. The van der Waals surface area contributed by atoms with E-state index in [1.165, 1.54) is 13.2 Å². The van der Waals surface area contributed by atoms with Crippen LogP contribution in [0.15, 0.2) is 36.9 Å². The highest BCUT2D eigenvalue weighted by Crippen LogP contribution is 2.16. The minimum Gasteiger partial charge on any atom is -0.496 e. The van der Waals surface area contributed by atoms with Crippen molar-refractivity contribution in [3.8, 4) is 5.75 Å². The smallest absolute Gasteiger partial charge is 0.407 e. The van der Waals surface area contributed by atoms with Gasteiger partial charge in [-0.1, -0.05) is 24.8 Å². The number of benzene rings is 1. The molecule has 0 bridgehead atoms. The molecule has 6 nitrogen and oxygen atoms in total. The van der Waals surface area contributed by atoms with Gasteiger partial charge < -0.3 is 20.1 Å². The average molecular weight is 278 g/mol. The Hall–Kier alpha value is -2.50. The quantitative estimate of drug-likeness (QED) is 0.583. The normalized spacial score (nSPS) is 9.45. The number of para-hydroxylation sites is 1. The standard InChI is InChI=1S/C14H18N2O4/c1-3-10-20-14(18)16-9-8-15-13(17)11-6-4-5-7-12(11)19-2/h3-7H,1,8-10H2,2H3,(H,15,17)(H,16,18). The Bertz CT molecular complexity index is 474. The summed E-state index contributed by atoms with van der Waals surface area (Å²) in [6, 6.07) is 6.91. The maximum absolute atomic E-state index is 11.9. The number of nitrogens with one attached hydrogen (secondary N) is 2. The van der Waals surface area contributed by atoms with E-state index in [1.807, 2.05) is 0 Å². The highest BCUT2D eigenvalue weighted by Gasteiger charge is 2.10. The molecular formula is C14H18N2O4. The molecule has 108 valence electrons. The van der Waals surface area contributed by atoms with Crippen LogP contribution in [0.3, 0.4) is 0 Å². The van der Waals surface area contributed by atoms with E-state index < -0.39 is 6.09 Å². The van der Waals surface area contributed by atoms with Gasteiger partial charge in [-0.3, -0.25) is 4.79 Å². The van der Waals surface area contributed by atoms with E-state index in [0.29, 0.717) is 17.9 Å². The van der Waals surface area contributed by atoms with Crippen molar-refractivity contribution in [2.24, 2.45) is 0 Å². The summed E-state index contributed by atoms with van der Waals surface area (Å²) in [4.78, 5) is 23.0. The van der Waals surface area contributed by atoms with Gasteiger partial charge in [0.05, 0.1) is 12.7 Å². The number of methoxy groups -OCH3 is 1. The summed E-state index contributed by atoms with van der Waals surface area (Å²) in [5.74, 6) is 0.243. The first-order valence-corrected chi connectivity index (χ1v) is 6.11. The van der Waals surface area contributed by atoms with Crippen molar-refractivity contribution in [2.75, 3.05) is 26.8 Å². The molecule has 0 unspecified atom stereocenters. The first-order chi connectivity index (χ1) is 9.69. The first-order valence-electron chi connectivity index (χ1n) is 6.11. The average Bonchev–Trinajstić information content (AvgIpc) is 2.49. The van der Waals surface area contributed by atoms with Crippen LogP contribution in [-0.2, 0) is 4.74 Å². The van der Waals surface area contributed by atoms with E-state index in [-0.39, 0.29) is 19.1 Å². The van der Waals surface area contributed by atoms with Gasteiger partial charge in [-0.15, -0.1) is 0 Å². The Morgan fingerprint density at radius 2 is 1.95 bits per heavy atom. The molecule has 0 saturated heterocycles. The van der Waals surface area contributed by atoms with Gasteiger partial charge in [0.15, 0.2) is 0 Å². The lowest BCUT2D eigenvalue weighted by Gasteiger charge is -2.09. The van der Waals surface area contributed by atoms with Crippen molar-refractivity contribution in [2.45, 2.75) is 0 Å². The fourth-order valence-electron chi connectivity index (χ4n) is 1.45. The fourth-order valence-corrected chi connectivity index (χ4v) is 1.45. The zero-order valence-corrected chi connectivity index (χ0v) is 11.3. The van der Waals surface area contributed by atoms with Crippen LogP contribution < -0.4 is 15.4 Å². The summed E-state index contributed by atoms with van der Waals surface area (Å²) < 4.78 is 9.81. The molecule has 6 heteroatoms. The van der Waals surface area contributed by atoms with Gasteiger partial charge in [0, 0.05) is 13.1 Å². The number of alkyl carbamates (subject to hydrolysis) is 1. The molecule has 0 saturated carbocycles. The van der Waals surface area contributed by atoms with Gasteiger partial charge in [0.1, 0.15) is 12.4 Å². The second kappa shape index (κ2) is 8.58. The van der Waals surface area contributed by atoms with Crippen molar-refractivity contribution in [1.82, 2.24) is 10.6 Å². The van der Waals surface area contributed by atoms with Crippen molar-refractivity contribution >= 4 is 12.0 Å². The Morgan fingerprint density at radius 3 is 2.65 bits per heavy atom. The molecule has 0 radical (unpaired) electrons. The van der Waals surface area contributed by atoms with Crippen LogP contribution in [0.25, 0.3) is 0 Å². The van der Waals surface area contributed by atoms with E-state index >= 15 is 0 Å². The van der Waals surface area contributed by atoms with Crippen molar-refractivity contribution in [3.63, 3.8) is 0 Å². The maximum Gasteiger partial charge on any atom is 0.407 e. The Balaban J connectivity index is 2.33. The molecule has 0 heterocycles. The van der Waals surface area contributed by atoms with E-state index in [9.17, 15) is 9.59 Å². The zero-order chi connectivity index (χ0) is 14.8. The number of hydrogen-bond donors (Lipinski definition) is 2. The summed E-state index contributed by atoms with van der Waals surface area (Å²) in [7, 11) is 1.50. The minimum absolute atomic E-state index is 0.152. The Kier molecular flexibility index (Phi) is 6.67. The molecule has 0 atom stereocenters. The van der Waals surface area contributed by atoms with E-state index in [2.05, 4.69) is 17.2 Å². The van der Waals surface area contributed by atoms with Crippen LogP contribution in [0.1, 0.15) is 10.4 Å². The van der Waals surface area contributed by atoms with E-state index in [4.69, 9.17) is 9.47 Å². The van der Waals surface area contributed by atoms with Crippen LogP contribution in [-0.4, -0.2) is 38.8 Å². The minimum atomic E-state index is -0.545. The third-order valence-electron chi connectivity index (χ3n) is 2.36. The predicted octanol–water partition coefficient (Wildman–Crippen LogP) is 1.34. The summed E-state index contributed by atoms with van der Waals surface area (Å²) >= 11 is 0. The van der Waals surface area contributed by atoms with Gasteiger partial charge in [0.2, 0.25) is 0 Å². The fraction of sp³-hybridized carbons (Fsp3) is 0.286. The van der Waals surface area contributed by atoms with Gasteiger partial charge in [-0.25, -0.2) is 4.79 Å². The number of ether oxygens (including phenoxy) is 2. The second-order valence-electron chi connectivity index (χ2n) is 3.77. The van der Waals surface area contributed by atoms with Crippen LogP contribution in [0.4, 0.5) is 4.79 Å². The highest BCUT2D eigenvalue weighted by atomic mass is 16.5. The third-order valence-corrected chi connectivity index (χ3v) is 2.36. The molecule has 0 aliphatic heterocycles. The number of hydrogen-bond acceptors (Lipinski definition) is 4. The number of carbonyl (C=O) groups excluding carboxylic acids is 2. The molecule has 0 spiro atoms. The van der Waals surface area contributed by atoms with Gasteiger partial charge in [-0.05, 0) is 12.1 Å². The second-order valence-corrected chi connectivity index (χ2v) is 3.77. The van der Waals surface area contributed by atoms with Gasteiger partial charge in [-0.2, -0.15) is 0 Å². The molecule has 1 aromatic carbocycles. The van der Waals surface area contributed by atoms with Crippen molar-refractivity contribution < 1.29 is 19.1 Å². The molecule has 20 heavy (non-hydrogen) atoms. The van der Waals surface area contributed by atoms with Crippen molar-refractivity contribution in [1.29, 1.82) is 0 Å². The van der Waals surface area contributed by atoms with Crippen LogP contribution in [0.5, 0.6) is 5.75 Å². The number of amides is 2. The summed E-state index contributed by atoms with van der Waals surface area (Å²) in [5.41, 5.74) is 0.448. The molecule has 0 aromatic heterocycles. The SMILES string of the molecule is C=CCOC(=O)NCCNC(=O)c1ccccc1OC. The summed E-state index contributed by atoms with van der Waals surface area (Å²) in [6.07, 6.45) is 0.930. The largest absolute Gasteiger partial charge is 0.496 e. The van der Waals surface area contributed by atoms with E-state index in [0.717, 1.165) is 0 Å². The molecule has 2 amide bonds. The molecule has 1 rings (SSSR count). The lowest BCUT2D eigenvalue weighted by Crippen LogP contribution is -2.35. The first kappa shape index (κ1) is 15.6. The summed E-state index contributed by atoms with van der Waals surface area (Å²) in [5, 5.41) is 5.17. The monoisotopic (exact) mass is 278 g/mol. The topological polar surface area (TPSA) is 76.7 Å². The van der Waals surface area contributed by atoms with Gasteiger partial charge in [0.25, 0.3) is 5.91 Å². The molecular weight excluding hydrogens is 260 g/mol. The lowest BCUT2D eigenvalue weighted by atomic mass is 10.2. The number of rotatable bonds is 7. The van der Waals surface area contributed by atoms with Crippen LogP contribution in [0.2, 0.25) is 0 Å². The molecule has 1 aromatic rings. The Labute approximate surface area is 117 Å². The van der Waals surface area contributed by atoms with Crippen LogP contribution in [0, 0.1) is 0 Å². The van der Waals surface area contributed by atoms with Gasteiger partial charge >= 0.3 is 6.09 Å². The van der Waals surface area contributed by atoms with Crippen molar-refractivity contribution in [3.05, 3.63) is 42.5 Å². The summed E-state index contributed by atoms with van der Waals surface area (Å²) in [6.45, 7) is 4.15. The van der Waals surface area contributed by atoms with Crippen LogP contribution >= 0.6 is 0 Å². The molecule has 0 fully saturated rings. The zero-order valence-electron chi connectivity index (χ0n) is 11.3. The maximum atomic E-state index is 11.9. The molecule has 0 aliphatic carbocycles. The molecule has 0 aliphatic rings. The highest BCUT2D eigenvalue weighted by molar-refractivity contribution is 5.96. The Morgan fingerprint density at radius 1 is 1.25 bits per heavy atom. The van der Waals surface area contributed by atoms with E-state index in [1.54, 1.807) is 24.3 Å². The third kappa shape index (κ3) is 5.01. The number of carbonyl (C=O) groups is 2.